The minimum Gasteiger partial charge on any atom is -0.497 e. The van der Waals surface area contributed by atoms with Crippen LogP contribution >= 0.6 is 0 Å². The molecule has 29 heavy (non-hydrogen) atoms. The summed E-state index contributed by atoms with van der Waals surface area (Å²) in [6, 6.07) is 9.61. The SMILES string of the molecule is COc1cccc(C(=O)N2CCC(Cc3c4c(cc5c3OCC5)OCC4)CC2)c1. The van der Waals surface area contributed by atoms with Crippen LogP contribution in [0.4, 0.5) is 0 Å². The van der Waals surface area contributed by atoms with Gasteiger partial charge in [-0.15, -0.1) is 0 Å². The first-order chi connectivity index (χ1) is 14.2. The van der Waals surface area contributed by atoms with Crippen LogP contribution in [0.2, 0.25) is 0 Å². The predicted octanol–water partition coefficient (Wildman–Crippen LogP) is 3.66. The molecule has 2 aromatic carbocycles. The predicted molar refractivity (Wildman–Crippen MR) is 110 cm³/mol. The van der Waals surface area contributed by atoms with Gasteiger partial charge in [0, 0.05) is 48.2 Å². The zero-order chi connectivity index (χ0) is 19.8. The molecule has 5 rings (SSSR count). The Hall–Kier alpha value is -2.69. The summed E-state index contributed by atoms with van der Waals surface area (Å²) in [7, 11) is 1.63. The molecule has 1 amide bonds. The molecule has 0 aromatic heterocycles. The number of amides is 1. The number of piperidine rings is 1. The van der Waals surface area contributed by atoms with Crippen molar-refractivity contribution in [3.05, 3.63) is 52.6 Å². The van der Waals surface area contributed by atoms with Gasteiger partial charge < -0.3 is 19.1 Å². The van der Waals surface area contributed by atoms with E-state index in [2.05, 4.69) is 6.07 Å². The van der Waals surface area contributed by atoms with Crippen molar-refractivity contribution in [2.75, 3.05) is 33.4 Å². The Morgan fingerprint density at radius 3 is 2.79 bits per heavy atom. The highest BCUT2D eigenvalue weighted by Gasteiger charge is 2.30. The van der Waals surface area contributed by atoms with Gasteiger partial charge in [-0.3, -0.25) is 4.79 Å². The third-order valence-electron chi connectivity index (χ3n) is 6.47. The van der Waals surface area contributed by atoms with Gasteiger partial charge >= 0.3 is 0 Å². The van der Waals surface area contributed by atoms with Crippen LogP contribution in [0.5, 0.6) is 17.2 Å². The lowest BCUT2D eigenvalue weighted by molar-refractivity contribution is 0.0690. The van der Waals surface area contributed by atoms with Crippen molar-refractivity contribution in [2.45, 2.75) is 32.1 Å². The standard InChI is InChI=1S/C24H27NO4/c1-27-19-4-2-3-18(14-19)24(26)25-9-5-16(6-10-25)13-21-20-8-12-28-22(20)15-17-7-11-29-23(17)21/h2-4,14-16H,5-13H2,1H3. The van der Waals surface area contributed by atoms with Gasteiger partial charge in [0.2, 0.25) is 0 Å². The summed E-state index contributed by atoms with van der Waals surface area (Å²) in [4.78, 5) is 14.9. The van der Waals surface area contributed by atoms with E-state index in [9.17, 15) is 4.79 Å². The zero-order valence-corrected chi connectivity index (χ0v) is 16.9. The minimum atomic E-state index is 0.0978. The van der Waals surface area contributed by atoms with Crippen molar-refractivity contribution < 1.29 is 19.0 Å². The summed E-state index contributed by atoms with van der Waals surface area (Å²) < 4.78 is 17.1. The Bertz CT molecular complexity index is 898. The lowest BCUT2D eigenvalue weighted by Gasteiger charge is -2.32. The molecule has 0 unspecified atom stereocenters. The Labute approximate surface area is 171 Å². The molecular weight excluding hydrogens is 366 g/mol. The summed E-state index contributed by atoms with van der Waals surface area (Å²) in [6.45, 7) is 3.15. The molecule has 152 valence electrons. The molecule has 5 nitrogen and oxygen atoms in total. The number of carbonyl (C=O) groups is 1. The first-order valence-electron chi connectivity index (χ1n) is 10.6. The topological polar surface area (TPSA) is 48.0 Å². The molecule has 0 spiro atoms. The molecule has 0 bridgehead atoms. The van der Waals surface area contributed by atoms with Crippen LogP contribution in [0.25, 0.3) is 0 Å². The lowest BCUT2D eigenvalue weighted by Crippen LogP contribution is -2.39. The number of rotatable bonds is 4. The van der Waals surface area contributed by atoms with Crippen molar-refractivity contribution >= 4 is 5.91 Å². The van der Waals surface area contributed by atoms with Crippen molar-refractivity contribution in [1.29, 1.82) is 0 Å². The highest BCUT2D eigenvalue weighted by molar-refractivity contribution is 5.94. The Morgan fingerprint density at radius 1 is 1.14 bits per heavy atom. The number of benzene rings is 2. The molecule has 0 N–H and O–H groups in total. The van der Waals surface area contributed by atoms with Crippen LogP contribution in [0.3, 0.4) is 0 Å². The van der Waals surface area contributed by atoms with Crippen molar-refractivity contribution in [3.63, 3.8) is 0 Å². The van der Waals surface area contributed by atoms with E-state index in [-0.39, 0.29) is 5.91 Å². The monoisotopic (exact) mass is 393 g/mol. The summed E-state index contributed by atoms with van der Waals surface area (Å²) >= 11 is 0. The molecular formula is C24H27NO4. The number of methoxy groups -OCH3 is 1. The normalized spacial score (nSPS) is 18.0. The van der Waals surface area contributed by atoms with Crippen molar-refractivity contribution in [3.8, 4) is 17.2 Å². The van der Waals surface area contributed by atoms with Crippen LogP contribution in [0, 0.1) is 5.92 Å². The largest absolute Gasteiger partial charge is 0.497 e. The average Bonchev–Trinajstić information content (AvgIpc) is 3.43. The Balaban J connectivity index is 1.27. The second-order valence-corrected chi connectivity index (χ2v) is 8.19. The van der Waals surface area contributed by atoms with Gasteiger partial charge in [-0.2, -0.15) is 0 Å². The van der Waals surface area contributed by atoms with Gasteiger partial charge in [-0.05, 0) is 49.4 Å². The molecule has 1 saturated heterocycles. The summed E-state index contributed by atoms with van der Waals surface area (Å²) in [6.07, 6.45) is 5.03. The average molecular weight is 393 g/mol. The second-order valence-electron chi connectivity index (χ2n) is 8.19. The lowest BCUT2D eigenvalue weighted by atomic mass is 9.86. The van der Waals surface area contributed by atoms with E-state index in [1.54, 1.807) is 7.11 Å². The first kappa shape index (κ1) is 18.3. The van der Waals surface area contributed by atoms with Gasteiger partial charge in [0.05, 0.1) is 20.3 Å². The molecule has 3 heterocycles. The molecule has 2 aromatic rings. The highest BCUT2D eigenvalue weighted by Crippen LogP contribution is 2.42. The molecule has 0 radical (unpaired) electrons. The van der Waals surface area contributed by atoms with Crippen LogP contribution < -0.4 is 14.2 Å². The number of carbonyl (C=O) groups excluding carboxylic acids is 1. The van der Waals surface area contributed by atoms with Crippen molar-refractivity contribution in [1.82, 2.24) is 4.90 Å². The van der Waals surface area contributed by atoms with E-state index >= 15 is 0 Å². The fraction of sp³-hybridized carbons (Fsp3) is 0.458. The van der Waals surface area contributed by atoms with E-state index in [0.29, 0.717) is 11.5 Å². The Morgan fingerprint density at radius 2 is 1.97 bits per heavy atom. The molecule has 0 saturated carbocycles. The van der Waals surface area contributed by atoms with E-state index in [1.807, 2.05) is 29.2 Å². The summed E-state index contributed by atoms with van der Waals surface area (Å²) in [5.74, 6) is 3.57. The third kappa shape index (κ3) is 3.43. The van der Waals surface area contributed by atoms with E-state index < -0.39 is 0 Å². The molecule has 0 atom stereocenters. The molecule has 0 aliphatic carbocycles. The number of hydrogen-bond acceptors (Lipinski definition) is 4. The molecule has 5 heteroatoms. The van der Waals surface area contributed by atoms with Crippen molar-refractivity contribution in [2.24, 2.45) is 5.92 Å². The van der Waals surface area contributed by atoms with Gasteiger partial charge in [-0.25, -0.2) is 0 Å². The van der Waals surface area contributed by atoms with Crippen LogP contribution in [0.1, 0.15) is 39.9 Å². The second kappa shape index (κ2) is 7.62. The van der Waals surface area contributed by atoms with Gasteiger partial charge in [0.25, 0.3) is 5.91 Å². The van der Waals surface area contributed by atoms with Gasteiger partial charge in [-0.1, -0.05) is 6.07 Å². The number of ether oxygens (including phenoxy) is 3. The maximum Gasteiger partial charge on any atom is 0.253 e. The van der Waals surface area contributed by atoms with Crippen LogP contribution in [0.15, 0.2) is 30.3 Å². The fourth-order valence-corrected chi connectivity index (χ4v) is 4.87. The van der Waals surface area contributed by atoms with E-state index in [1.165, 1.54) is 16.7 Å². The molecule has 3 aliphatic rings. The fourth-order valence-electron chi connectivity index (χ4n) is 4.87. The quantitative estimate of drug-likeness (QED) is 0.795. The Kier molecular flexibility index (Phi) is 4.82. The molecule has 1 fully saturated rings. The van der Waals surface area contributed by atoms with Gasteiger partial charge in [0.15, 0.2) is 0 Å². The number of fused-ring (bicyclic) bond motifs is 2. The molecule has 3 aliphatic heterocycles. The van der Waals surface area contributed by atoms with Crippen LogP contribution in [-0.4, -0.2) is 44.2 Å². The van der Waals surface area contributed by atoms with E-state index in [4.69, 9.17) is 14.2 Å². The van der Waals surface area contributed by atoms with E-state index in [0.717, 1.165) is 75.7 Å². The third-order valence-corrected chi connectivity index (χ3v) is 6.47. The number of nitrogens with zero attached hydrogens (tertiary/aromatic N) is 1. The van der Waals surface area contributed by atoms with Crippen LogP contribution in [-0.2, 0) is 19.3 Å². The van der Waals surface area contributed by atoms with Gasteiger partial charge in [0.1, 0.15) is 17.2 Å². The maximum absolute atomic E-state index is 12.9. The number of likely N-dealkylation sites (tertiary alicyclic amines) is 1. The smallest absolute Gasteiger partial charge is 0.253 e. The highest BCUT2D eigenvalue weighted by atomic mass is 16.5. The summed E-state index contributed by atoms with van der Waals surface area (Å²) in [5, 5.41) is 0. The minimum absolute atomic E-state index is 0.0978. The zero-order valence-electron chi connectivity index (χ0n) is 16.9. The summed E-state index contributed by atoms with van der Waals surface area (Å²) in [5.41, 5.74) is 4.71. The maximum atomic E-state index is 12.9. The first-order valence-corrected chi connectivity index (χ1v) is 10.6. The number of hydrogen-bond donors (Lipinski definition) is 0.